The molecule has 3 nitrogen and oxygen atoms in total. The number of hydrogen-bond acceptors (Lipinski definition) is 2. The standard InChI is InChI=1S/C13H28N3/c1-4-15(5-2)11-12-16(6-3)13-7-9-14-10-8-13/h13H,4-12H2,1-3H3. The minimum absolute atomic E-state index is 0.790. The van der Waals surface area contributed by atoms with E-state index in [1.807, 2.05) is 0 Å². The Labute approximate surface area is 101 Å². The van der Waals surface area contributed by atoms with Gasteiger partial charge in [-0.15, -0.1) is 0 Å². The lowest BCUT2D eigenvalue weighted by Gasteiger charge is -2.34. The fraction of sp³-hybridized carbons (Fsp3) is 1.00. The summed E-state index contributed by atoms with van der Waals surface area (Å²) < 4.78 is 0. The first-order valence-corrected chi connectivity index (χ1v) is 6.91. The summed E-state index contributed by atoms with van der Waals surface area (Å²) >= 11 is 0. The molecule has 1 aliphatic heterocycles. The lowest BCUT2D eigenvalue weighted by molar-refractivity contribution is 0.146. The monoisotopic (exact) mass is 226 g/mol. The first-order chi connectivity index (χ1) is 7.81. The molecule has 0 aromatic heterocycles. The number of piperidine rings is 1. The van der Waals surface area contributed by atoms with Crippen LogP contribution in [-0.4, -0.2) is 61.7 Å². The second kappa shape index (κ2) is 8.04. The van der Waals surface area contributed by atoms with Crippen LogP contribution in [0.4, 0.5) is 0 Å². The van der Waals surface area contributed by atoms with Crippen LogP contribution in [0.1, 0.15) is 33.6 Å². The lowest BCUT2D eigenvalue weighted by Crippen LogP contribution is -2.44. The van der Waals surface area contributed by atoms with Crippen molar-refractivity contribution in [2.75, 3.05) is 45.8 Å². The highest BCUT2D eigenvalue weighted by molar-refractivity contribution is 4.77. The molecule has 0 N–H and O–H groups in total. The predicted octanol–water partition coefficient (Wildman–Crippen LogP) is 1.42. The van der Waals surface area contributed by atoms with Gasteiger partial charge in [-0.25, -0.2) is 5.32 Å². The Bertz CT molecular complexity index is 163. The highest BCUT2D eigenvalue weighted by Gasteiger charge is 2.19. The van der Waals surface area contributed by atoms with E-state index in [2.05, 4.69) is 35.9 Å². The molecular weight excluding hydrogens is 198 g/mol. The van der Waals surface area contributed by atoms with Crippen LogP contribution in [0.3, 0.4) is 0 Å². The van der Waals surface area contributed by atoms with E-state index in [1.165, 1.54) is 45.6 Å². The summed E-state index contributed by atoms with van der Waals surface area (Å²) in [5, 5.41) is 4.43. The van der Waals surface area contributed by atoms with Crippen LogP contribution in [0, 0.1) is 0 Å². The van der Waals surface area contributed by atoms with Crippen LogP contribution in [0.25, 0.3) is 0 Å². The van der Waals surface area contributed by atoms with Gasteiger partial charge in [-0.05, 0) is 32.5 Å². The van der Waals surface area contributed by atoms with Gasteiger partial charge in [0.1, 0.15) is 0 Å². The van der Waals surface area contributed by atoms with Crippen molar-refractivity contribution >= 4 is 0 Å². The maximum atomic E-state index is 4.43. The van der Waals surface area contributed by atoms with E-state index in [4.69, 9.17) is 0 Å². The van der Waals surface area contributed by atoms with Crippen LogP contribution in [0.5, 0.6) is 0 Å². The van der Waals surface area contributed by atoms with Gasteiger partial charge in [0.15, 0.2) is 0 Å². The Morgan fingerprint density at radius 1 is 0.938 bits per heavy atom. The van der Waals surface area contributed by atoms with Gasteiger partial charge in [0.05, 0.1) is 0 Å². The topological polar surface area (TPSA) is 20.6 Å². The van der Waals surface area contributed by atoms with Gasteiger partial charge in [-0.1, -0.05) is 20.8 Å². The van der Waals surface area contributed by atoms with Crippen LogP contribution in [0.15, 0.2) is 0 Å². The van der Waals surface area contributed by atoms with Gasteiger partial charge >= 0.3 is 0 Å². The van der Waals surface area contributed by atoms with Crippen molar-refractivity contribution in [1.82, 2.24) is 15.1 Å². The average Bonchev–Trinajstić information content (AvgIpc) is 2.36. The molecule has 0 aliphatic carbocycles. The van der Waals surface area contributed by atoms with Crippen molar-refractivity contribution in [1.29, 1.82) is 0 Å². The van der Waals surface area contributed by atoms with Gasteiger partial charge in [0.25, 0.3) is 0 Å². The summed E-state index contributed by atoms with van der Waals surface area (Å²) in [7, 11) is 0. The third kappa shape index (κ3) is 4.40. The van der Waals surface area contributed by atoms with Gasteiger partial charge in [-0.2, -0.15) is 0 Å². The molecule has 0 atom stereocenters. The van der Waals surface area contributed by atoms with Crippen molar-refractivity contribution in [2.24, 2.45) is 0 Å². The van der Waals surface area contributed by atoms with E-state index in [1.54, 1.807) is 0 Å². The van der Waals surface area contributed by atoms with Gasteiger partial charge in [0, 0.05) is 32.2 Å². The van der Waals surface area contributed by atoms with E-state index in [-0.39, 0.29) is 0 Å². The van der Waals surface area contributed by atoms with Crippen LogP contribution < -0.4 is 5.32 Å². The molecule has 0 unspecified atom stereocenters. The molecule has 16 heavy (non-hydrogen) atoms. The normalized spacial score (nSPS) is 18.6. The molecule has 1 rings (SSSR count). The van der Waals surface area contributed by atoms with E-state index < -0.39 is 0 Å². The number of hydrogen-bond donors (Lipinski definition) is 0. The third-order valence-corrected chi connectivity index (χ3v) is 3.76. The third-order valence-electron chi connectivity index (χ3n) is 3.76. The second-order valence-electron chi connectivity index (χ2n) is 4.56. The first-order valence-electron chi connectivity index (χ1n) is 6.91. The zero-order valence-electron chi connectivity index (χ0n) is 11.3. The van der Waals surface area contributed by atoms with Gasteiger partial charge in [-0.3, -0.25) is 4.90 Å². The second-order valence-corrected chi connectivity index (χ2v) is 4.56. The number of nitrogens with zero attached hydrogens (tertiary/aromatic N) is 3. The Morgan fingerprint density at radius 3 is 2.06 bits per heavy atom. The van der Waals surface area contributed by atoms with Gasteiger partial charge in [0.2, 0.25) is 0 Å². The van der Waals surface area contributed by atoms with E-state index in [9.17, 15) is 0 Å². The van der Waals surface area contributed by atoms with E-state index >= 15 is 0 Å². The Hall–Kier alpha value is -0.120. The van der Waals surface area contributed by atoms with Crippen LogP contribution in [0.2, 0.25) is 0 Å². The zero-order valence-corrected chi connectivity index (χ0v) is 11.3. The molecule has 3 heteroatoms. The minimum atomic E-state index is 0.790. The van der Waals surface area contributed by atoms with Gasteiger partial charge < -0.3 is 4.90 Å². The van der Waals surface area contributed by atoms with Crippen molar-refractivity contribution in [3.63, 3.8) is 0 Å². The van der Waals surface area contributed by atoms with Crippen molar-refractivity contribution in [2.45, 2.75) is 39.7 Å². The SMILES string of the molecule is CCN(CC)CCN(CC)C1CC[N]CC1. The number of likely N-dealkylation sites (N-methyl/N-ethyl adjacent to an activating group) is 2. The lowest BCUT2D eigenvalue weighted by atomic mass is 10.0. The molecule has 0 bridgehead atoms. The molecule has 1 heterocycles. The molecule has 0 amide bonds. The Kier molecular flexibility index (Phi) is 7.01. The predicted molar refractivity (Wildman–Crippen MR) is 69.9 cm³/mol. The molecule has 1 radical (unpaired) electrons. The maximum Gasteiger partial charge on any atom is 0.0148 e. The summed E-state index contributed by atoms with van der Waals surface area (Å²) in [6.45, 7) is 14.9. The van der Waals surface area contributed by atoms with Crippen molar-refractivity contribution in [3.8, 4) is 0 Å². The summed E-state index contributed by atoms with van der Waals surface area (Å²) in [6, 6.07) is 0.790. The molecule has 1 saturated heterocycles. The van der Waals surface area contributed by atoms with E-state index in [0.29, 0.717) is 0 Å². The molecule has 0 saturated carbocycles. The van der Waals surface area contributed by atoms with Crippen LogP contribution >= 0.6 is 0 Å². The summed E-state index contributed by atoms with van der Waals surface area (Å²) in [5.41, 5.74) is 0. The molecular formula is C13H28N3. The fourth-order valence-electron chi connectivity index (χ4n) is 2.51. The summed E-state index contributed by atoms with van der Waals surface area (Å²) in [6.07, 6.45) is 2.54. The fourth-order valence-corrected chi connectivity index (χ4v) is 2.51. The first kappa shape index (κ1) is 13.9. The minimum Gasteiger partial charge on any atom is -0.303 e. The summed E-state index contributed by atoms with van der Waals surface area (Å²) in [4.78, 5) is 5.16. The highest BCUT2D eigenvalue weighted by atomic mass is 15.2. The summed E-state index contributed by atoms with van der Waals surface area (Å²) in [5.74, 6) is 0. The van der Waals surface area contributed by atoms with E-state index in [0.717, 1.165) is 19.1 Å². The largest absolute Gasteiger partial charge is 0.303 e. The highest BCUT2D eigenvalue weighted by Crippen LogP contribution is 2.11. The van der Waals surface area contributed by atoms with Crippen LogP contribution in [-0.2, 0) is 0 Å². The quantitative estimate of drug-likeness (QED) is 0.654. The maximum absolute atomic E-state index is 4.43. The average molecular weight is 226 g/mol. The molecule has 0 aromatic carbocycles. The zero-order chi connectivity index (χ0) is 11.8. The molecule has 0 aromatic rings. The molecule has 0 spiro atoms. The molecule has 1 fully saturated rings. The number of rotatable bonds is 7. The van der Waals surface area contributed by atoms with Crippen molar-refractivity contribution in [3.05, 3.63) is 0 Å². The smallest absolute Gasteiger partial charge is 0.0148 e. The molecule has 1 aliphatic rings. The Morgan fingerprint density at radius 2 is 1.56 bits per heavy atom. The molecule has 95 valence electrons. The Balaban J connectivity index is 2.29. The van der Waals surface area contributed by atoms with Crippen molar-refractivity contribution < 1.29 is 0 Å².